The number of rotatable bonds is 8. The third-order valence-electron chi connectivity index (χ3n) is 4.76. The molecule has 0 aliphatic heterocycles. The molecule has 0 bridgehead atoms. The third kappa shape index (κ3) is 5.39. The Morgan fingerprint density at radius 3 is 2.85 bits per heavy atom. The molecule has 0 saturated heterocycles. The predicted molar refractivity (Wildman–Crippen MR) is 106 cm³/mol. The molecular formula is C20H29N5O2. The molecule has 1 heterocycles. The second kappa shape index (κ2) is 9.85. The van der Waals surface area contributed by atoms with Crippen molar-refractivity contribution in [2.75, 3.05) is 20.7 Å². The topological polar surface area (TPSA) is 72.7 Å². The van der Waals surface area contributed by atoms with Gasteiger partial charge in [0.25, 0.3) is 0 Å². The Morgan fingerprint density at radius 2 is 2.15 bits per heavy atom. The number of methoxy groups -OCH3 is 1. The van der Waals surface area contributed by atoms with Crippen molar-refractivity contribution in [1.29, 1.82) is 0 Å². The van der Waals surface area contributed by atoms with Crippen LogP contribution in [0.4, 0.5) is 0 Å². The normalized spacial score (nSPS) is 15.0. The molecule has 0 unspecified atom stereocenters. The summed E-state index contributed by atoms with van der Waals surface area (Å²) < 4.78 is 13.8. The Kier molecular flexibility index (Phi) is 6.96. The van der Waals surface area contributed by atoms with Gasteiger partial charge in [-0.15, -0.1) is 0 Å². The number of ether oxygens (including phenoxy) is 2. The molecule has 0 radical (unpaired) electrons. The highest BCUT2D eigenvalue weighted by Gasteiger charge is 2.20. The zero-order chi connectivity index (χ0) is 18.9. The Hall–Kier alpha value is -2.70. The first kappa shape index (κ1) is 19.1. The minimum atomic E-state index is 0.285. The molecule has 146 valence electrons. The zero-order valence-corrected chi connectivity index (χ0v) is 16.1. The summed E-state index contributed by atoms with van der Waals surface area (Å²) in [6.45, 7) is 2.21. The maximum Gasteiger partial charge on any atom is 0.191 e. The molecule has 7 heteroatoms. The van der Waals surface area contributed by atoms with E-state index in [0.717, 1.165) is 49.0 Å². The van der Waals surface area contributed by atoms with Crippen LogP contribution in [0.2, 0.25) is 0 Å². The molecule has 0 spiro atoms. The molecular weight excluding hydrogens is 342 g/mol. The van der Waals surface area contributed by atoms with E-state index in [-0.39, 0.29) is 6.10 Å². The smallest absolute Gasteiger partial charge is 0.191 e. The molecule has 1 saturated carbocycles. The molecule has 27 heavy (non-hydrogen) atoms. The van der Waals surface area contributed by atoms with Crippen LogP contribution in [0.5, 0.6) is 11.5 Å². The van der Waals surface area contributed by atoms with Crippen molar-refractivity contribution in [2.24, 2.45) is 4.99 Å². The molecule has 7 nitrogen and oxygen atoms in total. The summed E-state index contributed by atoms with van der Waals surface area (Å²) in [6.07, 6.45) is 10.5. The zero-order valence-electron chi connectivity index (χ0n) is 16.1. The van der Waals surface area contributed by atoms with Crippen LogP contribution in [0.1, 0.15) is 31.2 Å². The summed E-state index contributed by atoms with van der Waals surface area (Å²) >= 11 is 0. The summed E-state index contributed by atoms with van der Waals surface area (Å²) in [5.74, 6) is 2.38. The second-order valence-corrected chi connectivity index (χ2v) is 6.63. The van der Waals surface area contributed by atoms with E-state index in [1.54, 1.807) is 26.7 Å². The first-order valence-corrected chi connectivity index (χ1v) is 9.53. The van der Waals surface area contributed by atoms with Crippen molar-refractivity contribution in [3.05, 3.63) is 42.5 Å². The molecule has 2 aromatic rings. The summed E-state index contributed by atoms with van der Waals surface area (Å²) in [6, 6.07) is 6.01. The van der Waals surface area contributed by atoms with Gasteiger partial charge in [-0.3, -0.25) is 4.99 Å². The Morgan fingerprint density at radius 1 is 1.30 bits per heavy atom. The lowest BCUT2D eigenvalue weighted by molar-refractivity contribution is 0.198. The molecule has 0 atom stereocenters. The lowest BCUT2D eigenvalue weighted by Gasteiger charge is -2.20. The van der Waals surface area contributed by atoms with Gasteiger partial charge in [-0.25, -0.2) is 4.98 Å². The van der Waals surface area contributed by atoms with Gasteiger partial charge in [-0.1, -0.05) is 12.1 Å². The van der Waals surface area contributed by atoms with E-state index in [4.69, 9.17) is 9.47 Å². The van der Waals surface area contributed by atoms with Gasteiger partial charge >= 0.3 is 0 Å². The summed E-state index contributed by atoms with van der Waals surface area (Å²) in [5, 5.41) is 6.68. The average Bonchev–Trinajstić information content (AvgIpc) is 3.39. The fourth-order valence-electron chi connectivity index (χ4n) is 3.29. The Balaban J connectivity index is 1.58. The van der Waals surface area contributed by atoms with Crippen molar-refractivity contribution in [2.45, 2.75) is 44.9 Å². The van der Waals surface area contributed by atoms with E-state index in [0.29, 0.717) is 6.54 Å². The van der Waals surface area contributed by atoms with Gasteiger partial charge in [0.15, 0.2) is 17.5 Å². The van der Waals surface area contributed by atoms with Gasteiger partial charge in [0.2, 0.25) is 0 Å². The minimum absolute atomic E-state index is 0.285. The molecule has 1 aliphatic rings. The third-order valence-corrected chi connectivity index (χ3v) is 4.76. The lowest BCUT2D eigenvalue weighted by Crippen LogP contribution is -2.38. The van der Waals surface area contributed by atoms with Crippen molar-refractivity contribution in [3.8, 4) is 11.5 Å². The number of aromatic nitrogens is 2. The Bertz CT molecular complexity index is 724. The van der Waals surface area contributed by atoms with Gasteiger partial charge in [0.1, 0.15) is 0 Å². The standard InChI is InChI=1S/C20H29N5O2/c1-21-20(23-11-13-25-12-10-22-15-25)24-14-16-6-5-9-18(26-2)19(16)27-17-7-3-4-8-17/h5-6,9-10,12,15,17H,3-4,7-8,11,13-14H2,1-2H3,(H2,21,23,24). The van der Waals surface area contributed by atoms with E-state index < -0.39 is 0 Å². The van der Waals surface area contributed by atoms with E-state index in [9.17, 15) is 0 Å². The minimum Gasteiger partial charge on any atom is -0.493 e. The number of hydrogen-bond donors (Lipinski definition) is 2. The highest BCUT2D eigenvalue weighted by Crippen LogP contribution is 2.34. The number of aliphatic imine (C=N–C) groups is 1. The number of hydrogen-bond acceptors (Lipinski definition) is 4. The largest absolute Gasteiger partial charge is 0.493 e. The summed E-state index contributed by atoms with van der Waals surface area (Å²) in [7, 11) is 3.46. The number of para-hydroxylation sites is 1. The fraction of sp³-hybridized carbons (Fsp3) is 0.500. The molecule has 1 aromatic carbocycles. The molecule has 3 rings (SSSR count). The maximum absolute atomic E-state index is 6.29. The van der Waals surface area contributed by atoms with Crippen molar-refractivity contribution < 1.29 is 9.47 Å². The fourth-order valence-corrected chi connectivity index (χ4v) is 3.29. The van der Waals surface area contributed by atoms with Crippen LogP contribution < -0.4 is 20.1 Å². The van der Waals surface area contributed by atoms with Crippen LogP contribution >= 0.6 is 0 Å². The number of nitrogens with one attached hydrogen (secondary N) is 2. The van der Waals surface area contributed by atoms with Gasteiger partial charge in [0.05, 0.1) is 19.5 Å². The SMILES string of the molecule is CN=C(NCCn1ccnc1)NCc1cccc(OC)c1OC1CCCC1. The lowest BCUT2D eigenvalue weighted by atomic mass is 10.1. The van der Waals surface area contributed by atoms with Crippen LogP contribution in [0.3, 0.4) is 0 Å². The van der Waals surface area contributed by atoms with Gasteiger partial charge < -0.3 is 24.7 Å². The Labute approximate surface area is 160 Å². The van der Waals surface area contributed by atoms with Gasteiger partial charge in [-0.2, -0.15) is 0 Å². The maximum atomic E-state index is 6.29. The predicted octanol–water partition coefficient (Wildman–Crippen LogP) is 2.58. The first-order valence-electron chi connectivity index (χ1n) is 9.53. The van der Waals surface area contributed by atoms with Crippen LogP contribution in [-0.2, 0) is 13.1 Å². The van der Waals surface area contributed by atoms with E-state index in [2.05, 4.69) is 26.7 Å². The molecule has 1 aliphatic carbocycles. The van der Waals surface area contributed by atoms with E-state index in [1.165, 1.54) is 12.8 Å². The molecule has 1 aromatic heterocycles. The number of imidazole rings is 1. The van der Waals surface area contributed by atoms with Gasteiger partial charge in [-0.05, 0) is 31.7 Å². The summed E-state index contributed by atoms with van der Waals surface area (Å²) in [4.78, 5) is 8.34. The van der Waals surface area contributed by atoms with E-state index in [1.807, 2.05) is 22.9 Å². The molecule has 0 amide bonds. The number of nitrogens with zero attached hydrogens (tertiary/aromatic N) is 3. The van der Waals surface area contributed by atoms with Crippen molar-refractivity contribution in [1.82, 2.24) is 20.2 Å². The molecule has 2 N–H and O–H groups in total. The van der Waals surface area contributed by atoms with Gasteiger partial charge in [0, 0.05) is 44.6 Å². The van der Waals surface area contributed by atoms with Crippen LogP contribution in [-0.4, -0.2) is 42.3 Å². The monoisotopic (exact) mass is 371 g/mol. The average molecular weight is 371 g/mol. The highest BCUT2D eigenvalue weighted by molar-refractivity contribution is 5.79. The first-order chi connectivity index (χ1) is 13.3. The number of guanidine groups is 1. The summed E-state index contributed by atoms with van der Waals surface area (Å²) in [5.41, 5.74) is 1.07. The van der Waals surface area contributed by atoms with Crippen LogP contribution in [0.15, 0.2) is 41.9 Å². The van der Waals surface area contributed by atoms with E-state index >= 15 is 0 Å². The number of benzene rings is 1. The van der Waals surface area contributed by atoms with Crippen molar-refractivity contribution >= 4 is 5.96 Å². The highest BCUT2D eigenvalue weighted by atomic mass is 16.5. The molecule has 1 fully saturated rings. The van der Waals surface area contributed by atoms with Crippen LogP contribution in [0.25, 0.3) is 0 Å². The second-order valence-electron chi connectivity index (χ2n) is 6.63. The quantitative estimate of drug-likeness (QED) is 0.551. The van der Waals surface area contributed by atoms with Crippen LogP contribution in [0, 0.1) is 0 Å². The van der Waals surface area contributed by atoms with Crippen molar-refractivity contribution in [3.63, 3.8) is 0 Å².